The molecule has 4 rings (SSSR count). The van der Waals surface area contributed by atoms with Gasteiger partial charge in [-0.05, 0) is 29.0 Å². The summed E-state index contributed by atoms with van der Waals surface area (Å²) in [6.07, 6.45) is 0. The van der Waals surface area contributed by atoms with E-state index in [0.29, 0.717) is 18.0 Å². The van der Waals surface area contributed by atoms with Gasteiger partial charge in [0, 0.05) is 12.5 Å². The molecule has 0 fully saturated rings. The molecule has 0 aromatic heterocycles. The zero-order chi connectivity index (χ0) is 19.5. The number of carbonyl (C=O) groups is 2. The number of hydrogen-bond donors (Lipinski definition) is 1. The van der Waals surface area contributed by atoms with E-state index in [4.69, 9.17) is 4.74 Å². The van der Waals surface area contributed by atoms with Crippen LogP contribution in [-0.4, -0.2) is 30.7 Å². The third kappa shape index (κ3) is 3.57. The van der Waals surface area contributed by atoms with E-state index < -0.39 is 0 Å². The molecule has 28 heavy (non-hydrogen) atoms. The summed E-state index contributed by atoms with van der Waals surface area (Å²) >= 11 is 0. The summed E-state index contributed by atoms with van der Waals surface area (Å²) in [5, 5.41) is 6.36. The molecule has 1 N–H and O–H groups in total. The van der Waals surface area contributed by atoms with Gasteiger partial charge in [0.1, 0.15) is 5.75 Å². The van der Waals surface area contributed by atoms with Gasteiger partial charge in [-0.2, -0.15) is 5.10 Å². The number of rotatable bonds is 4. The Morgan fingerprint density at radius 1 is 1.04 bits per heavy atom. The monoisotopic (exact) mass is 373 g/mol. The van der Waals surface area contributed by atoms with Crippen LogP contribution in [0.4, 0.5) is 5.69 Å². The number of hydrazone groups is 1. The Bertz CT molecular complexity index is 1090. The first kappa shape index (κ1) is 17.7. The number of hydrogen-bond acceptors (Lipinski definition) is 4. The topological polar surface area (TPSA) is 71.0 Å². The van der Waals surface area contributed by atoms with Crippen molar-refractivity contribution in [3.63, 3.8) is 0 Å². The zero-order valence-corrected chi connectivity index (χ0v) is 15.4. The van der Waals surface area contributed by atoms with Crippen molar-refractivity contribution in [2.75, 3.05) is 18.1 Å². The Morgan fingerprint density at radius 2 is 1.79 bits per heavy atom. The van der Waals surface area contributed by atoms with Crippen molar-refractivity contribution >= 4 is 34.0 Å². The van der Waals surface area contributed by atoms with Crippen LogP contribution < -0.4 is 15.1 Å². The molecule has 0 atom stereocenters. The number of amides is 2. The SMILES string of the molecule is CC(=O)N1C/C(=N\NC(=O)COc2ccc3ccccc3c2)c2ccccc21. The first-order valence-electron chi connectivity index (χ1n) is 8.96. The second kappa shape index (κ2) is 7.52. The van der Waals surface area contributed by atoms with Crippen molar-refractivity contribution in [2.24, 2.45) is 5.10 Å². The quantitative estimate of drug-likeness (QED) is 0.715. The van der Waals surface area contributed by atoms with E-state index >= 15 is 0 Å². The van der Waals surface area contributed by atoms with Crippen molar-refractivity contribution in [3.05, 3.63) is 72.3 Å². The van der Waals surface area contributed by atoms with Crippen molar-refractivity contribution in [1.29, 1.82) is 0 Å². The summed E-state index contributed by atoms with van der Waals surface area (Å²) in [7, 11) is 0. The lowest BCUT2D eigenvalue weighted by atomic mass is 10.1. The van der Waals surface area contributed by atoms with Crippen molar-refractivity contribution in [2.45, 2.75) is 6.92 Å². The van der Waals surface area contributed by atoms with Crippen LogP contribution in [0.25, 0.3) is 10.8 Å². The van der Waals surface area contributed by atoms with Crippen LogP contribution in [0.5, 0.6) is 5.75 Å². The van der Waals surface area contributed by atoms with E-state index in [9.17, 15) is 9.59 Å². The fourth-order valence-corrected chi connectivity index (χ4v) is 3.22. The fourth-order valence-electron chi connectivity index (χ4n) is 3.22. The molecule has 6 heteroatoms. The summed E-state index contributed by atoms with van der Waals surface area (Å²) in [6.45, 7) is 1.70. The smallest absolute Gasteiger partial charge is 0.277 e. The van der Waals surface area contributed by atoms with Crippen LogP contribution >= 0.6 is 0 Å². The fraction of sp³-hybridized carbons (Fsp3) is 0.136. The van der Waals surface area contributed by atoms with E-state index in [1.165, 1.54) is 6.92 Å². The van der Waals surface area contributed by atoms with Gasteiger partial charge in [0.2, 0.25) is 5.91 Å². The van der Waals surface area contributed by atoms with Crippen molar-refractivity contribution in [1.82, 2.24) is 5.43 Å². The van der Waals surface area contributed by atoms with E-state index in [0.717, 1.165) is 22.0 Å². The van der Waals surface area contributed by atoms with Gasteiger partial charge in [0.15, 0.2) is 6.61 Å². The largest absolute Gasteiger partial charge is 0.484 e. The molecule has 0 radical (unpaired) electrons. The Labute approximate surface area is 162 Å². The maximum atomic E-state index is 12.1. The number of carbonyl (C=O) groups excluding carboxylic acids is 2. The van der Waals surface area contributed by atoms with E-state index in [-0.39, 0.29) is 18.4 Å². The van der Waals surface area contributed by atoms with Gasteiger partial charge in [0.25, 0.3) is 5.91 Å². The summed E-state index contributed by atoms with van der Waals surface area (Å²) in [5.41, 5.74) is 4.80. The third-order valence-electron chi connectivity index (χ3n) is 4.60. The summed E-state index contributed by atoms with van der Waals surface area (Å²) < 4.78 is 5.57. The van der Waals surface area contributed by atoms with Gasteiger partial charge in [-0.3, -0.25) is 9.59 Å². The number of fused-ring (bicyclic) bond motifs is 2. The first-order valence-corrected chi connectivity index (χ1v) is 8.96. The molecule has 1 heterocycles. The van der Waals surface area contributed by atoms with Gasteiger partial charge in [-0.1, -0.05) is 48.5 Å². The Hall–Kier alpha value is -3.67. The molecular formula is C22H19N3O3. The minimum Gasteiger partial charge on any atom is -0.484 e. The minimum absolute atomic E-state index is 0.0661. The van der Waals surface area contributed by atoms with Gasteiger partial charge in [-0.15, -0.1) is 0 Å². The van der Waals surface area contributed by atoms with Gasteiger partial charge in [-0.25, -0.2) is 5.43 Å². The van der Waals surface area contributed by atoms with Crippen LogP contribution in [0.1, 0.15) is 12.5 Å². The number of anilines is 1. The van der Waals surface area contributed by atoms with E-state index in [1.807, 2.05) is 66.7 Å². The molecule has 6 nitrogen and oxygen atoms in total. The van der Waals surface area contributed by atoms with E-state index in [1.54, 1.807) is 4.90 Å². The highest BCUT2D eigenvalue weighted by Crippen LogP contribution is 2.27. The maximum Gasteiger partial charge on any atom is 0.277 e. The lowest BCUT2D eigenvalue weighted by molar-refractivity contribution is -0.123. The number of nitrogens with zero attached hydrogens (tertiary/aromatic N) is 2. The average molecular weight is 373 g/mol. The normalized spacial score (nSPS) is 14.2. The Morgan fingerprint density at radius 3 is 2.61 bits per heavy atom. The minimum atomic E-state index is -0.362. The second-order valence-corrected chi connectivity index (χ2v) is 6.51. The summed E-state index contributed by atoms with van der Waals surface area (Å²) in [6, 6.07) is 21.1. The lowest BCUT2D eigenvalue weighted by Crippen LogP contribution is -2.30. The maximum absolute atomic E-state index is 12.1. The highest BCUT2D eigenvalue weighted by atomic mass is 16.5. The molecular weight excluding hydrogens is 354 g/mol. The molecule has 140 valence electrons. The number of benzene rings is 3. The molecule has 0 unspecified atom stereocenters. The van der Waals surface area contributed by atoms with Crippen molar-refractivity contribution in [3.8, 4) is 5.75 Å². The van der Waals surface area contributed by atoms with Gasteiger partial charge in [0.05, 0.1) is 17.9 Å². The van der Waals surface area contributed by atoms with Crippen LogP contribution in [0.2, 0.25) is 0 Å². The number of para-hydroxylation sites is 1. The molecule has 2 amide bonds. The van der Waals surface area contributed by atoms with Crippen LogP contribution in [0.15, 0.2) is 71.8 Å². The number of nitrogens with one attached hydrogen (secondary N) is 1. The average Bonchev–Trinajstić information content (AvgIpc) is 3.10. The predicted octanol–water partition coefficient (Wildman–Crippen LogP) is 3.11. The molecule has 1 aliphatic rings. The summed E-state index contributed by atoms with van der Waals surface area (Å²) in [5.74, 6) is 0.193. The summed E-state index contributed by atoms with van der Waals surface area (Å²) in [4.78, 5) is 25.6. The molecule has 3 aromatic carbocycles. The highest BCUT2D eigenvalue weighted by Gasteiger charge is 2.27. The van der Waals surface area contributed by atoms with Crippen LogP contribution in [0, 0.1) is 0 Å². The van der Waals surface area contributed by atoms with Crippen LogP contribution in [-0.2, 0) is 9.59 Å². The first-order chi connectivity index (χ1) is 13.6. The molecule has 3 aromatic rings. The molecule has 0 saturated carbocycles. The predicted molar refractivity (Wildman–Crippen MR) is 109 cm³/mol. The Balaban J connectivity index is 1.40. The Kier molecular flexibility index (Phi) is 4.76. The highest BCUT2D eigenvalue weighted by molar-refractivity contribution is 6.17. The molecule has 0 aliphatic carbocycles. The standard InChI is InChI=1S/C22H19N3O3/c1-15(26)25-13-20(19-8-4-5-9-21(19)25)23-24-22(27)14-28-18-11-10-16-6-2-3-7-17(16)12-18/h2-12H,13-14H2,1H3,(H,24,27)/b23-20+. The lowest BCUT2D eigenvalue weighted by Gasteiger charge is -2.13. The molecule has 1 aliphatic heterocycles. The molecule has 0 saturated heterocycles. The van der Waals surface area contributed by atoms with E-state index in [2.05, 4.69) is 10.5 Å². The van der Waals surface area contributed by atoms with Gasteiger partial charge >= 0.3 is 0 Å². The zero-order valence-electron chi connectivity index (χ0n) is 15.4. The molecule has 0 spiro atoms. The second-order valence-electron chi connectivity index (χ2n) is 6.51. The third-order valence-corrected chi connectivity index (χ3v) is 4.60. The molecule has 0 bridgehead atoms. The number of ether oxygens (including phenoxy) is 1. The van der Waals surface area contributed by atoms with Gasteiger partial charge < -0.3 is 9.64 Å². The van der Waals surface area contributed by atoms with Crippen molar-refractivity contribution < 1.29 is 14.3 Å². The van der Waals surface area contributed by atoms with Crippen LogP contribution in [0.3, 0.4) is 0 Å².